The number of hydrogen-bond donors (Lipinski definition) is 5. The molecule has 0 bridgehead atoms. The van der Waals surface area contributed by atoms with Crippen molar-refractivity contribution in [1.29, 1.82) is 0 Å². The van der Waals surface area contributed by atoms with Crippen LogP contribution in [0.5, 0.6) is 34.5 Å². The Kier molecular flexibility index (Phi) is 16.6. The fraction of sp³-hybridized carbons (Fsp3) is 0.400. The van der Waals surface area contributed by atoms with Crippen molar-refractivity contribution in [3.05, 3.63) is 120 Å². The summed E-state index contributed by atoms with van der Waals surface area (Å²) in [4.78, 5) is 49.3. The predicted molar refractivity (Wildman–Crippen MR) is 285 cm³/mol. The number of carbonyl (C=O) groups excluding carboxylic acids is 3. The number of halogens is 1. The largest absolute Gasteiger partial charge is 0.497 e. The van der Waals surface area contributed by atoms with E-state index in [9.17, 15) is 14.4 Å². The van der Waals surface area contributed by atoms with Gasteiger partial charge in [-0.2, -0.15) is 0 Å². The van der Waals surface area contributed by atoms with Crippen LogP contribution in [-0.4, -0.2) is 101 Å². The number of nitrogens with two attached hydrogens (primary N) is 2. The highest BCUT2D eigenvalue weighted by atomic mass is 35.5. The van der Waals surface area contributed by atoms with E-state index in [2.05, 4.69) is 16.2 Å². The topological polar surface area (TPSA) is 224 Å². The van der Waals surface area contributed by atoms with Gasteiger partial charge in [-0.15, -0.1) is 12.4 Å². The molecule has 6 heterocycles. The van der Waals surface area contributed by atoms with Gasteiger partial charge in [0.1, 0.15) is 63.1 Å². The molecule has 2 atom stereocenters. The summed E-state index contributed by atoms with van der Waals surface area (Å²) in [7, 11) is 3.25. The first-order valence-electron chi connectivity index (χ1n) is 25.1. The number of piperidine rings is 2. The number of likely N-dealkylation sites (tertiary alicyclic amines) is 1. The van der Waals surface area contributed by atoms with Gasteiger partial charge in [-0.1, -0.05) is 0 Å². The van der Waals surface area contributed by atoms with Crippen molar-refractivity contribution in [3.8, 4) is 57.0 Å². The molecule has 0 spiro atoms. The van der Waals surface area contributed by atoms with Crippen LogP contribution in [0.2, 0.25) is 0 Å². The van der Waals surface area contributed by atoms with Gasteiger partial charge in [0.15, 0.2) is 11.4 Å². The number of aromatic nitrogens is 4. The molecule has 0 aliphatic carbocycles. The molecule has 4 aliphatic rings. The van der Waals surface area contributed by atoms with Crippen LogP contribution >= 0.6 is 12.4 Å². The van der Waals surface area contributed by atoms with Crippen molar-refractivity contribution in [2.45, 2.75) is 76.7 Å². The summed E-state index contributed by atoms with van der Waals surface area (Å²) in [5.41, 5.74) is 21.3. The third-order valence-electron chi connectivity index (χ3n) is 13.9. The maximum Gasteiger partial charge on any atom is 0.410 e. The zero-order chi connectivity index (χ0) is 51.2. The van der Waals surface area contributed by atoms with Crippen molar-refractivity contribution in [2.24, 2.45) is 23.3 Å². The number of benzene rings is 4. The quantitative estimate of drug-likeness (QED) is 0.0773. The summed E-state index contributed by atoms with van der Waals surface area (Å²) in [6.45, 7) is 10.5. The first-order valence-corrected chi connectivity index (χ1v) is 25.1. The van der Waals surface area contributed by atoms with Crippen molar-refractivity contribution < 1.29 is 38.1 Å². The molecular weight excluding hydrogens is 964 g/mol. The first-order chi connectivity index (χ1) is 35.3. The van der Waals surface area contributed by atoms with Gasteiger partial charge in [-0.3, -0.25) is 9.59 Å². The van der Waals surface area contributed by atoms with Crippen molar-refractivity contribution in [3.63, 3.8) is 0 Å². The Hall–Kier alpha value is -7.44. The number of fused-ring (bicyclic) bond motifs is 2. The second-order valence-corrected chi connectivity index (χ2v) is 19.8. The number of nitrogens with one attached hydrogen (secondary N) is 3. The maximum absolute atomic E-state index is 12.6. The third kappa shape index (κ3) is 12.0. The fourth-order valence-electron chi connectivity index (χ4n) is 10.3. The van der Waals surface area contributed by atoms with E-state index in [-0.39, 0.29) is 24.4 Å². The summed E-state index contributed by atoms with van der Waals surface area (Å²) >= 11 is 0. The number of primary amides is 2. The van der Waals surface area contributed by atoms with Gasteiger partial charge in [0.05, 0.1) is 14.2 Å². The third-order valence-corrected chi connectivity index (χ3v) is 13.9. The summed E-state index contributed by atoms with van der Waals surface area (Å²) in [5.74, 6) is 6.33. The van der Waals surface area contributed by atoms with Crippen molar-refractivity contribution in [1.82, 2.24) is 29.5 Å². The van der Waals surface area contributed by atoms with Crippen LogP contribution in [0, 0.1) is 11.8 Å². The number of nitrogens with zero attached hydrogens (tertiary/aromatic N) is 5. The van der Waals surface area contributed by atoms with E-state index in [4.69, 9.17) is 45.1 Å². The minimum Gasteiger partial charge on any atom is -0.497 e. The molecule has 0 saturated carbocycles. The lowest BCUT2D eigenvalue weighted by atomic mass is 9.81. The molecule has 4 aromatic carbocycles. The van der Waals surface area contributed by atoms with Gasteiger partial charge < -0.3 is 56.2 Å². The molecule has 10 rings (SSSR count). The van der Waals surface area contributed by atoms with Crippen LogP contribution in [0.3, 0.4) is 0 Å². The van der Waals surface area contributed by atoms with E-state index in [1.807, 2.05) is 123 Å². The molecule has 74 heavy (non-hydrogen) atoms. The van der Waals surface area contributed by atoms with E-state index in [0.29, 0.717) is 83.2 Å². The SMILES string of the molecule is COc1ccc(Oc2ccc(-c3nc4n(c3C(N)=O)NCCC4C3CCN(C(=O)OC(C)(C)C)CC3)cc2)cc1.COc1ccc(Oc2ccc(-c3nc4n(c3C(N)=O)NCCC4C3CCNCC3)cc2)cc1.Cl. The standard InChI is InChI=1S/C30H37N5O5.C25H29N5O3.ClH/c1-30(2,3)40-29(37)34-17-14-19(15-18-34)24-13-16-32-35-26(27(31)36)25(33-28(24)35)20-5-7-22(8-6-20)39-23-11-9-21(38-4)10-12-23;1-32-18-6-8-20(9-7-18)33-19-4-2-17(3-5-19)22-23(24(26)31)30-25(29-22)21(12-15-28-30)16-10-13-27-14-11-16;/h5-12,19,24,32H,13-18H2,1-4H3,(H2,31,36);2-9,16,21,27-28H,10-15H2,1H3,(H2,26,31);1H. The summed E-state index contributed by atoms with van der Waals surface area (Å²) in [6, 6.07) is 29.8. The smallest absolute Gasteiger partial charge is 0.410 e. The van der Waals surface area contributed by atoms with E-state index in [1.165, 1.54) is 0 Å². The summed E-state index contributed by atoms with van der Waals surface area (Å²) in [5, 5.41) is 3.43. The lowest BCUT2D eigenvalue weighted by molar-refractivity contribution is 0.0170. The van der Waals surface area contributed by atoms with Gasteiger partial charge in [0, 0.05) is 49.1 Å². The van der Waals surface area contributed by atoms with E-state index < -0.39 is 17.4 Å². The number of rotatable bonds is 12. The molecule has 19 heteroatoms. The lowest BCUT2D eigenvalue weighted by Gasteiger charge is -2.38. The maximum atomic E-state index is 12.6. The number of carbonyl (C=O) groups is 3. The van der Waals surface area contributed by atoms with Crippen LogP contribution < -0.4 is 46.6 Å². The fourth-order valence-corrected chi connectivity index (χ4v) is 10.3. The minimum atomic E-state index is -0.541. The van der Waals surface area contributed by atoms with Crippen LogP contribution in [0.4, 0.5) is 4.79 Å². The Morgan fingerprint density at radius 1 is 0.541 bits per heavy atom. The number of methoxy groups -OCH3 is 2. The van der Waals surface area contributed by atoms with E-state index >= 15 is 0 Å². The predicted octanol–water partition coefficient (Wildman–Crippen LogP) is 9.03. The molecular formula is C55H67ClN10O8. The molecule has 2 aromatic heterocycles. The second-order valence-electron chi connectivity index (χ2n) is 19.8. The second kappa shape index (κ2) is 23.2. The molecule has 2 saturated heterocycles. The molecule has 6 aromatic rings. The average molecular weight is 1030 g/mol. The van der Waals surface area contributed by atoms with Gasteiger partial charge in [0.25, 0.3) is 11.8 Å². The molecule has 18 nitrogen and oxygen atoms in total. The Bertz CT molecular complexity index is 2870. The van der Waals surface area contributed by atoms with Crippen LogP contribution in [-0.2, 0) is 4.74 Å². The van der Waals surface area contributed by atoms with E-state index in [0.717, 1.165) is 92.4 Å². The average Bonchev–Trinajstić information content (AvgIpc) is 4.01. The molecule has 392 valence electrons. The van der Waals surface area contributed by atoms with Crippen molar-refractivity contribution in [2.75, 3.05) is 64.3 Å². The molecule has 2 fully saturated rings. The Balaban J connectivity index is 0.000000198. The zero-order valence-corrected chi connectivity index (χ0v) is 43.4. The molecule has 4 aliphatic heterocycles. The summed E-state index contributed by atoms with van der Waals surface area (Å²) in [6.07, 6.45) is 5.56. The van der Waals surface area contributed by atoms with Gasteiger partial charge >= 0.3 is 6.09 Å². The minimum absolute atomic E-state index is 0. The van der Waals surface area contributed by atoms with Crippen LogP contribution in [0.1, 0.15) is 104 Å². The Morgan fingerprint density at radius 2 is 0.905 bits per heavy atom. The highest BCUT2D eigenvalue weighted by molar-refractivity contribution is 5.98. The van der Waals surface area contributed by atoms with E-state index in [1.54, 1.807) is 23.8 Å². The molecule has 3 amide bonds. The van der Waals surface area contributed by atoms with Crippen molar-refractivity contribution >= 4 is 30.3 Å². The lowest BCUT2D eigenvalue weighted by Crippen LogP contribution is -2.43. The van der Waals surface area contributed by atoms with Gasteiger partial charge in [0.2, 0.25) is 0 Å². The zero-order valence-electron chi connectivity index (χ0n) is 42.6. The number of ether oxygens (including phenoxy) is 5. The van der Waals surface area contributed by atoms with Gasteiger partial charge in [-0.25, -0.2) is 24.1 Å². The Morgan fingerprint density at radius 3 is 1.27 bits per heavy atom. The normalized spacial score (nSPS) is 17.6. The van der Waals surface area contributed by atoms with Crippen LogP contribution in [0.15, 0.2) is 97.1 Å². The Labute approximate surface area is 437 Å². The molecule has 2 unspecified atom stereocenters. The number of amides is 3. The number of imidazole rings is 2. The van der Waals surface area contributed by atoms with Crippen LogP contribution in [0.25, 0.3) is 22.5 Å². The first kappa shape index (κ1) is 52.9. The highest BCUT2D eigenvalue weighted by Gasteiger charge is 2.38. The number of hydrogen-bond acceptors (Lipinski definition) is 13. The highest BCUT2D eigenvalue weighted by Crippen LogP contribution is 2.41. The van der Waals surface area contributed by atoms with Gasteiger partial charge in [-0.05, 0) is 181 Å². The monoisotopic (exact) mass is 1030 g/mol. The summed E-state index contributed by atoms with van der Waals surface area (Å²) < 4.78 is 31.4. The molecule has 7 N–H and O–H groups in total. The molecule has 0 radical (unpaired) electrons.